The third kappa shape index (κ3) is 3.08. The highest BCUT2D eigenvalue weighted by molar-refractivity contribution is 5.34. The van der Waals surface area contributed by atoms with E-state index in [1.165, 1.54) is 0 Å². The van der Waals surface area contributed by atoms with Crippen LogP contribution in [0.3, 0.4) is 0 Å². The molecule has 0 aliphatic heterocycles. The fourth-order valence-electron chi connectivity index (χ4n) is 2.93. The molecule has 0 amide bonds. The molecule has 2 rings (SSSR count). The minimum atomic E-state index is -0.970. The molecule has 0 bridgehead atoms. The first-order valence-electron chi connectivity index (χ1n) is 7.43. The molecule has 2 aromatic rings. The highest BCUT2D eigenvalue weighted by Crippen LogP contribution is 2.41. The maximum absolute atomic E-state index is 11.3. The maximum Gasteiger partial charge on any atom is 0.119 e. The number of nitrogens with zero attached hydrogens (tertiary/aromatic N) is 1. The molecule has 112 valence electrons. The van der Waals surface area contributed by atoms with Gasteiger partial charge in [-0.15, -0.1) is 0 Å². The summed E-state index contributed by atoms with van der Waals surface area (Å²) in [6.07, 6.45) is 3.17. The van der Waals surface area contributed by atoms with Gasteiger partial charge < -0.3 is 9.84 Å². The van der Waals surface area contributed by atoms with E-state index in [9.17, 15) is 5.11 Å². The van der Waals surface area contributed by atoms with Crippen LogP contribution in [0.2, 0.25) is 0 Å². The molecule has 0 spiro atoms. The molecule has 2 atom stereocenters. The van der Waals surface area contributed by atoms with Gasteiger partial charge in [-0.3, -0.25) is 4.98 Å². The van der Waals surface area contributed by atoms with E-state index in [0.29, 0.717) is 6.42 Å². The number of benzene rings is 1. The van der Waals surface area contributed by atoms with Crippen molar-refractivity contribution >= 4 is 0 Å². The van der Waals surface area contributed by atoms with Crippen molar-refractivity contribution < 1.29 is 9.84 Å². The Morgan fingerprint density at radius 2 is 2.00 bits per heavy atom. The normalized spacial score (nSPS) is 15.2. The van der Waals surface area contributed by atoms with Gasteiger partial charge in [0.25, 0.3) is 0 Å². The van der Waals surface area contributed by atoms with Gasteiger partial charge in [-0.25, -0.2) is 0 Å². The molecule has 0 unspecified atom stereocenters. The zero-order chi connectivity index (χ0) is 15.3. The maximum atomic E-state index is 11.3. The van der Waals surface area contributed by atoms with Crippen molar-refractivity contribution in [3.8, 4) is 5.75 Å². The van der Waals surface area contributed by atoms with Crippen molar-refractivity contribution in [2.45, 2.75) is 38.2 Å². The smallest absolute Gasteiger partial charge is 0.119 e. The van der Waals surface area contributed by atoms with Crippen molar-refractivity contribution in [2.75, 3.05) is 7.11 Å². The molecule has 0 radical (unpaired) electrons. The van der Waals surface area contributed by atoms with Crippen LogP contribution in [0.15, 0.2) is 48.7 Å². The molecular formula is C18H23NO2. The molecule has 0 saturated heterocycles. The first-order chi connectivity index (χ1) is 10.2. The monoisotopic (exact) mass is 285 g/mol. The van der Waals surface area contributed by atoms with Crippen molar-refractivity contribution in [2.24, 2.45) is 0 Å². The second-order valence-electron chi connectivity index (χ2n) is 5.23. The van der Waals surface area contributed by atoms with Gasteiger partial charge in [0, 0.05) is 12.1 Å². The number of aromatic nitrogens is 1. The lowest BCUT2D eigenvalue weighted by Gasteiger charge is -2.35. The molecule has 3 heteroatoms. The van der Waals surface area contributed by atoms with Crippen LogP contribution in [0.4, 0.5) is 0 Å². The average Bonchev–Trinajstić information content (AvgIpc) is 2.56. The summed E-state index contributed by atoms with van der Waals surface area (Å²) < 4.78 is 5.30. The molecule has 0 aliphatic rings. The first kappa shape index (κ1) is 15.5. The second kappa shape index (κ2) is 6.72. The molecule has 0 aliphatic carbocycles. The van der Waals surface area contributed by atoms with Crippen LogP contribution in [0.1, 0.15) is 43.9 Å². The number of methoxy groups -OCH3 is 1. The summed E-state index contributed by atoms with van der Waals surface area (Å²) in [4.78, 5) is 4.38. The Labute approximate surface area is 126 Å². The number of aliphatic hydroxyl groups is 1. The standard InChI is InChI=1S/C18H23NO2/c1-4-16(14-9-8-10-15(13-14)21-3)18(20,5-2)17-11-6-7-12-19-17/h6-13,16,20H,4-5H2,1-3H3/t16-,18+/m1/s1. The SMILES string of the molecule is CC[C@H](c1cccc(OC)c1)[C@@](O)(CC)c1ccccn1. The van der Waals surface area contributed by atoms with E-state index in [0.717, 1.165) is 23.4 Å². The number of ether oxygens (including phenoxy) is 1. The van der Waals surface area contributed by atoms with Gasteiger partial charge in [-0.05, 0) is 42.7 Å². The molecule has 1 aromatic heterocycles. The Morgan fingerprint density at radius 3 is 2.57 bits per heavy atom. The summed E-state index contributed by atoms with van der Waals surface area (Å²) in [7, 11) is 1.66. The van der Waals surface area contributed by atoms with E-state index in [1.54, 1.807) is 13.3 Å². The zero-order valence-electron chi connectivity index (χ0n) is 12.9. The third-order valence-electron chi connectivity index (χ3n) is 4.13. The van der Waals surface area contributed by atoms with Crippen LogP contribution >= 0.6 is 0 Å². The molecule has 1 N–H and O–H groups in total. The minimum absolute atomic E-state index is 0.0208. The van der Waals surface area contributed by atoms with Crippen LogP contribution in [-0.4, -0.2) is 17.2 Å². The lowest BCUT2D eigenvalue weighted by Crippen LogP contribution is -2.33. The first-order valence-corrected chi connectivity index (χ1v) is 7.43. The summed E-state index contributed by atoms with van der Waals surface area (Å²) in [6, 6.07) is 13.6. The lowest BCUT2D eigenvalue weighted by molar-refractivity contribution is -0.00268. The van der Waals surface area contributed by atoms with Gasteiger partial charge in [-0.2, -0.15) is 0 Å². The lowest BCUT2D eigenvalue weighted by atomic mass is 9.76. The topological polar surface area (TPSA) is 42.4 Å². The van der Waals surface area contributed by atoms with Crippen LogP contribution < -0.4 is 4.74 Å². The zero-order valence-corrected chi connectivity index (χ0v) is 12.9. The summed E-state index contributed by atoms with van der Waals surface area (Å²) >= 11 is 0. The Hall–Kier alpha value is -1.87. The molecule has 1 heterocycles. The fraction of sp³-hybridized carbons (Fsp3) is 0.389. The predicted octanol–water partition coefficient (Wildman–Crippen LogP) is 3.88. The van der Waals surface area contributed by atoms with E-state index in [-0.39, 0.29) is 5.92 Å². The molecule has 21 heavy (non-hydrogen) atoms. The summed E-state index contributed by atoms with van der Waals surface area (Å²) in [5, 5.41) is 11.3. The Morgan fingerprint density at radius 1 is 1.19 bits per heavy atom. The highest BCUT2D eigenvalue weighted by Gasteiger charge is 2.38. The summed E-state index contributed by atoms with van der Waals surface area (Å²) in [6.45, 7) is 4.09. The Bertz CT molecular complexity index is 570. The van der Waals surface area contributed by atoms with Gasteiger partial charge in [0.2, 0.25) is 0 Å². The van der Waals surface area contributed by atoms with E-state index >= 15 is 0 Å². The molecular weight excluding hydrogens is 262 g/mol. The fourth-order valence-corrected chi connectivity index (χ4v) is 2.93. The van der Waals surface area contributed by atoms with E-state index in [4.69, 9.17) is 4.74 Å². The molecule has 1 aromatic carbocycles. The number of hydrogen-bond acceptors (Lipinski definition) is 3. The Balaban J connectivity index is 2.46. The van der Waals surface area contributed by atoms with E-state index in [1.807, 2.05) is 49.4 Å². The van der Waals surface area contributed by atoms with Crippen molar-refractivity contribution in [3.63, 3.8) is 0 Å². The average molecular weight is 285 g/mol. The van der Waals surface area contributed by atoms with E-state index in [2.05, 4.69) is 11.9 Å². The number of rotatable bonds is 6. The summed E-state index contributed by atoms with van der Waals surface area (Å²) in [5.41, 5.74) is 0.830. The van der Waals surface area contributed by atoms with Gasteiger partial charge in [-0.1, -0.05) is 32.0 Å². The molecule has 3 nitrogen and oxygen atoms in total. The highest BCUT2D eigenvalue weighted by atomic mass is 16.5. The van der Waals surface area contributed by atoms with Crippen LogP contribution in [0.5, 0.6) is 5.75 Å². The second-order valence-corrected chi connectivity index (χ2v) is 5.23. The van der Waals surface area contributed by atoms with Gasteiger partial charge >= 0.3 is 0 Å². The van der Waals surface area contributed by atoms with E-state index < -0.39 is 5.60 Å². The van der Waals surface area contributed by atoms with Gasteiger partial charge in [0.1, 0.15) is 11.4 Å². The third-order valence-corrected chi connectivity index (χ3v) is 4.13. The quantitative estimate of drug-likeness (QED) is 0.875. The largest absolute Gasteiger partial charge is 0.497 e. The number of pyridine rings is 1. The Kier molecular flexibility index (Phi) is 4.97. The predicted molar refractivity (Wildman–Crippen MR) is 84.5 cm³/mol. The molecule has 0 fully saturated rings. The van der Waals surface area contributed by atoms with Crippen molar-refractivity contribution in [1.29, 1.82) is 0 Å². The minimum Gasteiger partial charge on any atom is -0.497 e. The van der Waals surface area contributed by atoms with Crippen LogP contribution in [0.25, 0.3) is 0 Å². The molecule has 0 saturated carbocycles. The van der Waals surface area contributed by atoms with Crippen molar-refractivity contribution in [1.82, 2.24) is 4.98 Å². The van der Waals surface area contributed by atoms with Crippen molar-refractivity contribution in [3.05, 3.63) is 59.9 Å². The van der Waals surface area contributed by atoms with Crippen LogP contribution in [0, 0.1) is 0 Å². The summed E-state index contributed by atoms with van der Waals surface area (Å²) in [5.74, 6) is 0.790. The van der Waals surface area contributed by atoms with Gasteiger partial charge in [0.15, 0.2) is 0 Å². The van der Waals surface area contributed by atoms with Gasteiger partial charge in [0.05, 0.1) is 12.8 Å². The number of hydrogen-bond donors (Lipinski definition) is 1. The van der Waals surface area contributed by atoms with Crippen LogP contribution in [-0.2, 0) is 5.60 Å².